The Morgan fingerprint density at radius 3 is 2.40 bits per heavy atom. The Balaban J connectivity index is 1.96. The Kier molecular flexibility index (Phi) is 4.80. The molecule has 0 aliphatic carbocycles. The number of aromatic nitrogens is 2. The van der Waals surface area contributed by atoms with Gasteiger partial charge in [-0.1, -0.05) is 0 Å². The largest absolute Gasteiger partial charge is 0.493 e. The molecule has 3 rings (SSSR count). The molecule has 0 aliphatic heterocycles. The van der Waals surface area contributed by atoms with Gasteiger partial charge in [0.25, 0.3) is 5.91 Å². The van der Waals surface area contributed by atoms with E-state index in [-0.39, 0.29) is 5.91 Å². The van der Waals surface area contributed by atoms with E-state index < -0.39 is 0 Å². The van der Waals surface area contributed by atoms with Crippen molar-refractivity contribution in [3.05, 3.63) is 46.8 Å². The van der Waals surface area contributed by atoms with Crippen molar-refractivity contribution in [1.29, 1.82) is 0 Å². The minimum absolute atomic E-state index is 0.306. The number of anilines is 1. The standard InChI is InChI=1S/C17H16BrN3O4/c1-23-13-6-11(7-14(24-2)16(13)25-3)20-17(22)12-8-19-15-5-4-10(18)9-21(12)15/h4-9H,1-3H3,(H,20,22). The molecule has 8 heteroatoms. The molecule has 3 aromatic rings. The van der Waals surface area contributed by atoms with Crippen molar-refractivity contribution in [2.45, 2.75) is 0 Å². The van der Waals surface area contributed by atoms with Gasteiger partial charge in [-0.2, -0.15) is 0 Å². The van der Waals surface area contributed by atoms with Crippen molar-refractivity contribution in [2.75, 3.05) is 26.6 Å². The number of carbonyl (C=O) groups excluding carboxylic acids is 1. The molecule has 0 aliphatic rings. The molecule has 2 heterocycles. The zero-order valence-corrected chi connectivity index (χ0v) is 15.5. The second-order valence-electron chi connectivity index (χ2n) is 5.09. The molecule has 0 saturated carbocycles. The van der Waals surface area contributed by atoms with E-state index in [9.17, 15) is 4.79 Å². The van der Waals surface area contributed by atoms with Gasteiger partial charge in [-0.15, -0.1) is 0 Å². The Bertz CT molecular complexity index is 914. The molecule has 7 nitrogen and oxygen atoms in total. The highest BCUT2D eigenvalue weighted by Gasteiger charge is 2.17. The summed E-state index contributed by atoms with van der Waals surface area (Å²) in [4.78, 5) is 16.9. The molecule has 130 valence electrons. The van der Waals surface area contributed by atoms with Crippen LogP contribution in [0.5, 0.6) is 17.2 Å². The van der Waals surface area contributed by atoms with Crippen molar-refractivity contribution >= 4 is 33.2 Å². The fourth-order valence-corrected chi connectivity index (χ4v) is 2.81. The summed E-state index contributed by atoms with van der Waals surface area (Å²) in [6.45, 7) is 0. The first-order valence-corrected chi connectivity index (χ1v) is 8.10. The number of methoxy groups -OCH3 is 3. The molecule has 0 radical (unpaired) electrons. The maximum atomic E-state index is 12.7. The summed E-state index contributed by atoms with van der Waals surface area (Å²) < 4.78 is 18.4. The van der Waals surface area contributed by atoms with Gasteiger partial charge < -0.3 is 19.5 Å². The number of rotatable bonds is 5. The molecule has 1 amide bonds. The summed E-state index contributed by atoms with van der Waals surface area (Å²) in [6, 6.07) is 7.01. The lowest BCUT2D eigenvalue weighted by Gasteiger charge is -2.14. The number of pyridine rings is 1. The maximum absolute atomic E-state index is 12.7. The first-order chi connectivity index (χ1) is 12.1. The number of imidazole rings is 1. The normalized spacial score (nSPS) is 10.6. The molecule has 0 saturated heterocycles. The summed E-state index contributed by atoms with van der Waals surface area (Å²) in [5, 5.41) is 2.83. The van der Waals surface area contributed by atoms with E-state index in [2.05, 4.69) is 26.2 Å². The topological polar surface area (TPSA) is 74.1 Å². The zero-order valence-electron chi connectivity index (χ0n) is 13.9. The van der Waals surface area contributed by atoms with Crippen molar-refractivity contribution < 1.29 is 19.0 Å². The van der Waals surface area contributed by atoms with E-state index in [0.717, 1.165) is 4.47 Å². The van der Waals surface area contributed by atoms with Gasteiger partial charge in [-0.3, -0.25) is 9.20 Å². The number of hydrogen-bond acceptors (Lipinski definition) is 5. The number of carbonyl (C=O) groups is 1. The number of benzene rings is 1. The molecule has 0 fully saturated rings. The Morgan fingerprint density at radius 2 is 1.80 bits per heavy atom. The number of ether oxygens (including phenoxy) is 3. The van der Waals surface area contributed by atoms with E-state index in [1.807, 2.05) is 12.1 Å². The Labute approximate surface area is 152 Å². The Morgan fingerprint density at radius 1 is 1.12 bits per heavy atom. The highest BCUT2D eigenvalue weighted by atomic mass is 79.9. The average Bonchev–Trinajstić information content (AvgIpc) is 3.03. The lowest BCUT2D eigenvalue weighted by atomic mass is 10.2. The molecule has 1 N–H and O–H groups in total. The Hall–Kier alpha value is -2.74. The third kappa shape index (κ3) is 3.25. The van der Waals surface area contributed by atoms with Crippen molar-refractivity contribution in [2.24, 2.45) is 0 Å². The van der Waals surface area contributed by atoms with Crippen LogP contribution in [-0.2, 0) is 0 Å². The number of nitrogens with one attached hydrogen (secondary N) is 1. The van der Waals surface area contributed by atoms with Crippen molar-refractivity contribution in [1.82, 2.24) is 9.38 Å². The van der Waals surface area contributed by atoms with Crippen LogP contribution in [-0.4, -0.2) is 36.6 Å². The smallest absolute Gasteiger partial charge is 0.274 e. The second-order valence-corrected chi connectivity index (χ2v) is 6.00. The van der Waals surface area contributed by atoms with Gasteiger partial charge in [-0.05, 0) is 28.1 Å². The molecule has 0 bridgehead atoms. The minimum atomic E-state index is -0.306. The van der Waals surface area contributed by atoms with Crippen LogP contribution in [0.25, 0.3) is 5.65 Å². The molecule has 0 atom stereocenters. The molecule has 25 heavy (non-hydrogen) atoms. The van der Waals surface area contributed by atoms with Crippen LogP contribution in [0.1, 0.15) is 10.5 Å². The van der Waals surface area contributed by atoms with Crippen LogP contribution in [0.2, 0.25) is 0 Å². The molecule has 0 unspecified atom stereocenters. The molecular weight excluding hydrogens is 390 g/mol. The number of amides is 1. The zero-order chi connectivity index (χ0) is 18.0. The SMILES string of the molecule is COc1cc(NC(=O)c2cnc3ccc(Br)cn23)cc(OC)c1OC. The van der Waals surface area contributed by atoms with Crippen molar-refractivity contribution in [3.8, 4) is 17.2 Å². The lowest BCUT2D eigenvalue weighted by molar-refractivity contribution is 0.102. The van der Waals surface area contributed by atoms with E-state index in [1.165, 1.54) is 27.5 Å². The van der Waals surface area contributed by atoms with Crippen LogP contribution >= 0.6 is 15.9 Å². The van der Waals surface area contributed by atoms with Crippen LogP contribution in [0.15, 0.2) is 41.1 Å². The molecule has 0 spiro atoms. The summed E-state index contributed by atoms with van der Waals surface area (Å²) >= 11 is 3.39. The summed E-state index contributed by atoms with van der Waals surface area (Å²) in [5.41, 5.74) is 1.60. The van der Waals surface area contributed by atoms with Crippen LogP contribution in [0.3, 0.4) is 0 Å². The van der Waals surface area contributed by atoms with Gasteiger partial charge in [0.1, 0.15) is 11.3 Å². The van der Waals surface area contributed by atoms with E-state index in [1.54, 1.807) is 22.7 Å². The predicted molar refractivity (Wildman–Crippen MR) is 96.9 cm³/mol. The molecule has 1 aromatic carbocycles. The summed E-state index contributed by atoms with van der Waals surface area (Å²) in [6.07, 6.45) is 3.31. The van der Waals surface area contributed by atoms with E-state index >= 15 is 0 Å². The van der Waals surface area contributed by atoms with Gasteiger partial charge in [-0.25, -0.2) is 4.98 Å². The quantitative estimate of drug-likeness (QED) is 0.704. The first-order valence-electron chi connectivity index (χ1n) is 7.31. The molecular formula is C17H16BrN3O4. The predicted octanol–water partition coefficient (Wildman–Crippen LogP) is 3.37. The van der Waals surface area contributed by atoms with Gasteiger partial charge in [0.05, 0.1) is 27.5 Å². The number of fused-ring (bicyclic) bond motifs is 1. The van der Waals surface area contributed by atoms with Gasteiger partial charge in [0.15, 0.2) is 11.5 Å². The third-order valence-electron chi connectivity index (χ3n) is 3.62. The van der Waals surface area contributed by atoms with Gasteiger partial charge in [0.2, 0.25) is 5.75 Å². The van der Waals surface area contributed by atoms with E-state index in [4.69, 9.17) is 14.2 Å². The first kappa shape index (κ1) is 17.1. The third-order valence-corrected chi connectivity index (χ3v) is 4.09. The number of hydrogen-bond donors (Lipinski definition) is 1. The van der Waals surface area contributed by atoms with E-state index in [0.29, 0.717) is 34.3 Å². The number of nitrogens with zero attached hydrogens (tertiary/aromatic N) is 2. The van der Waals surface area contributed by atoms with Gasteiger partial charge in [0, 0.05) is 28.5 Å². The fourth-order valence-electron chi connectivity index (χ4n) is 2.47. The van der Waals surface area contributed by atoms with Gasteiger partial charge >= 0.3 is 0 Å². The highest BCUT2D eigenvalue weighted by Crippen LogP contribution is 2.40. The average molecular weight is 406 g/mol. The summed E-state index contributed by atoms with van der Waals surface area (Å²) in [5.74, 6) is 1.07. The highest BCUT2D eigenvalue weighted by molar-refractivity contribution is 9.10. The monoisotopic (exact) mass is 405 g/mol. The van der Waals surface area contributed by atoms with Crippen molar-refractivity contribution in [3.63, 3.8) is 0 Å². The molecule has 2 aromatic heterocycles. The second kappa shape index (κ2) is 7.02. The summed E-state index contributed by atoms with van der Waals surface area (Å²) in [7, 11) is 4.56. The maximum Gasteiger partial charge on any atom is 0.274 e. The van der Waals surface area contributed by atoms with Crippen LogP contribution < -0.4 is 19.5 Å². The van der Waals surface area contributed by atoms with Crippen LogP contribution in [0.4, 0.5) is 5.69 Å². The number of halogens is 1. The minimum Gasteiger partial charge on any atom is -0.493 e. The van der Waals surface area contributed by atoms with Crippen LogP contribution in [0, 0.1) is 0 Å². The lowest BCUT2D eigenvalue weighted by Crippen LogP contribution is -2.14. The fraction of sp³-hybridized carbons (Fsp3) is 0.176.